The number of ether oxygens (including phenoxy) is 1. The first-order chi connectivity index (χ1) is 15.0. The first-order valence-electron chi connectivity index (χ1n) is 10.6. The lowest BCUT2D eigenvalue weighted by atomic mass is 10.1. The molecule has 4 rings (SSSR count). The number of nitrogens with zero attached hydrogens (tertiary/aromatic N) is 5. The van der Waals surface area contributed by atoms with Crippen molar-refractivity contribution in [3.05, 3.63) is 59.7 Å². The third-order valence-corrected chi connectivity index (χ3v) is 5.07. The lowest BCUT2D eigenvalue weighted by Crippen LogP contribution is -2.08. The van der Waals surface area contributed by atoms with E-state index < -0.39 is 0 Å². The molecule has 4 aromatic rings. The van der Waals surface area contributed by atoms with Crippen molar-refractivity contribution in [2.75, 3.05) is 11.9 Å². The molecule has 31 heavy (non-hydrogen) atoms. The Kier molecular flexibility index (Phi) is 5.84. The van der Waals surface area contributed by atoms with Crippen LogP contribution in [0, 0.1) is 13.8 Å². The normalized spacial score (nSPS) is 11.3. The van der Waals surface area contributed by atoms with Crippen LogP contribution in [0.5, 0.6) is 5.88 Å². The highest BCUT2D eigenvalue weighted by atomic mass is 16.5. The van der Waals surface area contributed by atoms with E-state index in [-0.39, 0.29) is 6.04 Å². The molecule has 0 spiro atoms. The molecule has 0 radical (unpaired) electrons. The van der Waals surface area contributed by atoms with Crippen LogP contribution in [-0.2, 0) is 6.54 Å². The smallest absolute Gasteiger partial charge is 0.222 e. The number of anilines is 1. The summed E-state index contributed by atoms with van der Waals surface area (Å²) in [5, 5.41) is 8.33. The Hall–Kier alpha value is -3.48. The molecule has 4 heterocycles. The third-order valence-electron chi connectivity index (χ3n) is 5.07. The summed E-state index contributed by atoms with van der Waals surface area (Å²) in [6, 6.07) is 10.3. The molecule has 0 saturated heterocycles. The van der Waals surface area contributed by atoms with Gasteiger partial charge in [-0.25, -0.2) is 9.97 Å². The number of hydrogen-bond acceptors (Lipinski definition) is 6. The summed E-state index contributed by atoms with van der Waals surface area (Å²) in [6.07, 6.45) is 3.62. The topological polar surface area (TPSA) is 77.8 Å². The quantitative estimate of drug-likeness (QED) is 0.452. The van der Waals surface area contributed by atoms with Crippen molar-refractivity contribution in [1.82, 2.24) is 24.7 Å². The number of nitrogens with one attached hydrogen (secondary N) is 1. The van der Waals surface area contributed by atoms with E-state index in [9.17, 15) is 0 Å². The van der Waals surface area contributed by atoms with Crippen LogP contribution in [0.3, 0.4) is 0 Å². The van der Waals surface area contributed by atoms with Crippen LogP contribution in [0.4, 0.5) is 5.69 Å². The monoisotopic (exact) mass is 416 g/mol. The van der Waals surface area contributed by atoms with Gasteiger partial charge in [0.2, 0.25) is 5.88 Å². The van der Waals surface area contributed by atoms with Crippen LogP contribution in [0.2, 0.25) is 0 Å². The van der Waals surface area contributed by atoms with Gasteiger partial charge in [-0.15, -0.1) is 0 Å². The summed E-state index contributed by atoms with van der Waals surface area (Å²) >= 11 is 0. The van der Waals surface area contributed by atoms with Crippen LogP contribution in [0.15, 0.2) is 42.7 Å². The standard InChI is InChI=1S/C24H28N6O/c1-6-31-24-19(8-7-11-25-24)20-12-21(27-14-18-10-9-16(4)13-26-18)23-22(28-20)17(5)29-30(23)15(2)3/h7-13,15H,6,14H2,1-5H3,(H,27,28). The van der Waals surface area contributed by atoms with Gasteiger partial charge < -0.3 is 10.1 Å². The van der Waals surface area contributed by atoms with Crippen LogP contribution in [-0.4, -0.2) is 31.3 Å². The van der Waals surface area contributed by atoms with Gasteiger partial charge in [-0.3, -0.25) is 9.67 Å². The summed E-state index contributed by atoms with van der Waals surface area (Å²) < 4.78 is 7.78. The molecule has 0 fully saturated rings. The fraction of sp³-hybridized carbons (Fsp3) is 0.333. The highest BCUT2D eigenvalue weighted by Crippen LogP contribution is 2.34. The van der Waals surface area contributed by atoms with Gasteiger partial charge in [0.25, 0.3) is 0 Å². The first-order valence-corrected chi connectivity index (χ1v) is 10.6. The van der Waals surface area contributed by atoms with Gasteiger partial charge in [-0.2, -0.15) is 5.10 Å². The maximum absolute atomic E-state index is 5.76. The molecule has 0 aromatic carbocycles. The molecule has 0 aliphatic rings. The summed E-state index contributed by atoms with van der Waals surface area (Å²) in [7, 11) is 0. The summed E-state index contributed by atoms with van der Waals surface area (Å²) in [5.74, 6) is 0.580. The first kappa shape index (κ1) is 20.8. The van der Waals surface area contributed by atoms with E-state index in [4.69, 9.17) is 14.8 Å². The fourth-order valence-corrected chi connectivity index (χ4v) is 3.55. The minimum atomic E-state index is 0.208. The van der Waals surface area contributed by atoms with Crippen molar-refractivity contribution in [3.8, 4) is 17.1 Å². The molecule has 0 atom stereocenters. The Bertz CT molecular complexity index is 1200. The van der Waals surface area contributed by atoms with E-state index in [0.717, 1.165) is 44.9 Å². The molecule has 0 aliphatic carbocycles. The highest BCUT2D eigenvalue weighted by molar-refractivity contribution is 5.93. The molecule has 7 nitrogen and oxygen atoms in total. The zero-order valence-corrected chi connectivity index (χ0v) is 18.7. The average molecular weight is 417 g/mol. The molecule has 0 amide bonds. The Morgan fingerprint density at radius 2 is 1.97 bits per heavy atom. The van der Waals surface area contributed by atoms with E-state index in [1.165, 1.54) is 0 Å². The second-order valence-electron chi connectivity index (χ2n) is 7.85. The van der Waals surface area contributed by atoms with Crippen LogP contribution in [0.1, 0.15) is 43.8 Å². The predicted molar refractivity (Wildman–Crippen MR) is 123 cm³/mol. The summed E-state index contributed by atoms with van der Waals surface area (Å²) in [6.45, 7) is 11.4. The molecule has 160 valence electrons. The van der Waals surface area contributed by atoms with Crippen LogP contribution >= 0.6 is 0 Å². The van der Waals surface area contributed by atoms with Crippen LogP contribution < -0.4 is 10.1 Å². The molecular formula is C24H28N6O. The minimum Gasteiger partial charge on any atom is -0.477 e. The van der Waals surface area contributed by atoms with Crippen molar-refractivity contribution < 1.29 is 4.74 Å². The number of pyridine rings is 3. The van der Waals surface area contributed by atoms with Gasteiger partial charge in [0, 0.05) is 18.4 Å². The molecule has 7 heteroatoms. The molecule has 1 N–H and O–H groups in total. The summed E-state index contributed by atoms with van der Waals surface area (Å²) in [5.41, 5.74) is 7.50. The zero-order chi connectivity index (χ0) is 22.0. The Labute approximate surface area is 182 Å². The van der Waals surface area contributed by atoms with Gasteiger partial charge in [0.1, 0.15) is 11.0 Å². The molecule has 0 saturated carbocycles. The number of aryl methyl sites for hydroxylation is 2. The largest absolute Gasteiger partial charge is 0.477 e. The van der Waals surface area contributed by atoms with Crippen molar-refractivity contribution in [2.24, 2.45) is 0 Å². The van der Waals surface area contributed by atoms with Gasteiger partial charge in [0.05, 0.1) is 41.5 Å². The lowest BCUT2D eigenvalue weighted by Gasteiger charge is -2.15. The SMILES string of the molecule is CCOc1ncccc1-c1cc(NCc2ccc(C)cn2)c2c(n1)c(C)nn2C(C)C. The summed E-state index contributed by atoms with van der Waals surface area (Å²) in [4.78, 5) is 13.9. The van der Waals surface area contributed by atoms with Gasteiger partial charge >= 0.3 is 0 Å². The average Bonchev–Trinajstić information content (AvgIpc) is 3.11. The molecule has 0 unspecified atom stereocenters. The van der Waals surface area contributed by atoms with E-state index in [1.54, 1.807) is 6.20 Å². The minimum absolute atomic E-state index is 0.208. The van der Waals surface area contributed by atoms with Crippen molar-refractivity contribution in [2.45, 2.75) is 47.2 Å². The second-order valence-corrected chi connectivity index (χ2v) is 7.85. The van der Waals surface area contributed by atoms with E-state index >= 15 is 0 Å². The Morgan fingerprint density at radius 3 is 2.68 bits per heavy atom. The van der Waals surface area contributed by atoms with Gasteiger partial charge in [-0.05, 0) is 64.4 Å². The second kappa shape index (κ2) is 8.71. The van der Waals surface area contributed by atoms with Gasteiger partial charge in [-0.1, -0.05) is 6.07 Å². The Morgan fingerprint density at radius 1 is 1.13 bits per heavy atom. The van der Waals surface area contributed by atoms with Crippen molar-refractivity contribution in [1.29, 1.82) is 0 Å². The van der Waals surface area contributed by atoms with Crippen molar-refractivity contribution in [3.63, 3.8) is 0 Å². The fourth-order valence-electron chi connectivity index (χ4n) is 3.55. The number of rotatable bonds is 7. The maximum atomic E-state index is 5.76. The van der Waals surface area contributed by atoms with E-state index in [1.807, 2.05) is 49.8 Å². The van der Waals surface area contributed by atoms with Gasteiger partial charge in [0.15, 0.2) is 0 Å². The van der Waals surface area contributed by atoms with Crippen LogP contribution in [0.25, 0.3) is 22.3 Å². The zero-order valence-electron chi connectivity index (χ0n) is 18.7. The number of fused-ring (bicyclic) bond motifs is 1. The number of aromatic nitrogens is 5. The maximum Gasteiger partial charge on any atom is 0.222 e. The molecule has 4 aromatic heterocycles. The van der Waals surface area contributed by atoms with Crippen molar-refractivity contribution >= 4 is 16.7 Å². The molecule has 0 bridgehead atoms. The Balaban J connectivity index is 1.84. The predicted octanol–water partition coefficient (Wildman–Crippen LogP) is 5.10. The van der Waals surface area contributed by atoms with E-state index in [2.05, 4.69) is 41.3 Å². The lowest BCUT2D eigenvalue weighted by molar-refractivity contribution is 0.328. The number of hydrogen-bond donors (Lipinski definition) is 1. The molecule has 0 aliphatic heterocycles. The molecular weight excluding hydrogens is 388 g/mol. The van der Waals surface area contributed by atoms with E-state index in [0.29, 0.717) is 19.0 Å². The third kappa shape index (κ3) is 4.21. The highest BCUT2D eigenvalue weighted by Gasteiger charge is 2.19.